The molecule has 0 atom stereocenters. The summed E-state index contributed by atoms with van der Waals surface area (Å²) < 4.78 is 0. The highest BCUT2D eigenvalue weighted by molar-refractivity contribution is 6.35. The lowest BCUT2D eigenvalue weighted by molar-refractivity contribution is 0.204. The molecule has 0 aromatic heterocycles. The SMILES string of the molecule is CC(C)N(Cc1cccc(N)c1)Cc1c(Cl)cccc1Cl. The van der Waals surface area contributed by atoms with E-state index >= 15 is 0 Å². The molecule has 0 amide bonds. The van der Waals surface area contributed by atoms with Crippen molar-refractivity contribution in [1.29, 1.82) is 0 Å². The van der Waals surface area contributed by atoms with Crippen molar-refractivity contribution < 1.29 is 0 Å². The van der Waals surface area contributed by atoms with Gasteiger partial charge >= 0.3 is 0 Å². The summed E-state index contributed by atoms with van der Waals surface area (Å²) in [6.45, 7) is 5.85. The highest BCUT2D eigenvalue weighted by atomic mass is 35.5. The van der Waals surface area contributed by atoms with Gasteiger partial charge in [-0.2, -0.15) is 0 Å². The van der Waals surface area contributed by atoms with Gasteiger partial charge in [-0.15, -0.1) is 0 Å². The molecule has 2 aromatic carbocycles. The number of nitrogen functional groups attached to an aromatic ring is 1. The third-order valence-corrected chi connectivity index (χ3v) is 4.20. The summed E-state index contributed by atoms with van der Waals surface area (Å²) in [5.74, 6) is 0. The minimum Gasteiger partial charge on any atom is -0.399 e. The van der Waals surface area contributed by atoms with Crippen LogP contribution in [0.5, 0.6) is 0 Å². The lowest BCUT2D eigenvalue weighted by atomic mass is 10.1. The summed E-state index contributed by atoms with van der Waals surface area (Å²) in [4.78, 5) is 2.32. The number of hydrogen-bond acceptors (Lipinski definition) is 2. The van der Waals surface area contributed by atoms with Crippen LogP contribution in [0.2, 0.25) is 10.0 Å². The van der Waals surface area contributed by atoms with Crippen molar-refractivity contribution in [3.8, 4) is 0 Å². The van der Waals surface area contributed by atoms with E-state index < -0.39 is 0 Å². The summed E-state index contributed by atoms with van der Waals surface area (Å²) in [6.07, 6.45) is 0. The first-order chi connectivity index (χ1) is 9.97. The van der Waals surface area contributed by atoms with E-state index in [1.54, 1.807) is 0 Å². The molecule has 0 saturated carbocycles. The Morgan fingerprint density at radius 2 is 1.62 bits per heavy atom. The monoisotopic (exact) mass is 322 g/mol. The van der Waals surface area contributed by atoms with E-state index in [4.69, 9.17) is 28.9 Å². The van der Waals surface area contributed by atoms with Gasteiger partial charge in [-0.05, 0) is 43.7 Å². The molecule has 0 heterocycles. The van der Waals surface area contributed by atoms with Gasteiger partial charge in [-0.1, -0.05) is 41.4 Å². The lowest BCUT2D eigenvalue weighted by Gasteiger charge is -2.27. The summed E-state index contributed by atoms with van der Waals surface area (Å²) >= 11 is 12.6. The van der Waals surface area contributed by atoms with E-state index in [9.17, 15) is 0 Å². The highest BCUT2D eigenvalue weighted by Gasteiger charge is 2.15. The lowest BCUT2D eigenvalue weighted by Crippen LogP contribution is -2.30. The second-order valence-corrected chi connectivity index (χ2v) is 6.26. The first-order valence-corrected chi connectivity index (χ1v) is 7.74. The van der Waals surface area contributed by atoms with Crippen LogP contribution in [0.25, 0.3) is 0 Å². The van der Waals surface area contributed by atoms with Crippen LogP contribution in [0, 0.1) is 0 Å². The number of nitrogens with two attached hydrogens (primary N) is 1. The van der Waals surface area contributed by atoms with E-state index in [2.05, 4.69) is 24.8 Å². The van der Waals surface area contributed by atoms with Gasteiger partial charge in [-0.3, -0.25) is 4.90 Å². The standard InChI is InChI=1S/C17H20Cl2N2/c1-12(2)21(10-13-5-3-6-14(20)9-13)11-15-16(18)7-4-8-17(15)19/h3-9,12H,10-11,20H2,1-2H3. The molecule has 0 aliphatic rings. The average molecular weight is 323 g/mol. The van der Waals surface area contributed by atoms with Crippen molar-refractivity contribution in [1.82, 2.24) is 4.90 Å². The zero-order chi connectivity index (χ0) is 15.4. The molecule has 0 radical (unpaired) electrons. The van der Waals surface area contributed by atoms with Gasteiger partial charge in [0.15, 0.2) is 0 Å². The quantitative estimate of drug-likeness (QED) is 0.786. The molecule has 112 valence electrons. The molecule has 0 unspecified atom stereocenters. The van der Waals surface area contributed by atoms with Crippen LogP contribution in [0.15, 0.2) is 42.5 Å². The van der Waals surface area contributed by atoms with Crippen molar-refractivity contribution in [3.05, 3.63) is 63.6 Å². The molecular formula is C17H20Cl2N2. The Bertz CT molecular complexity index is 591. The molecule has 0 fully saturated rings. The summed E-state index contributed by atoms with van der Waals surface area (Å²) in [6, 6.07) is 14.0. The molecule has 0 aliphatic carbocycles. The topological polar surface area (TPSA) is 29.3 Å². The molecule has 21 heavy (non-hydrogen) atoms. The third-order valence-electron chi connectivity index (χ3n) is 3.49. The van der Waals surface area contributed by atoms with E-state index in [1.807, 2.05) is 36.4 Å². The van der Waals surface area contributed by atoms with Gasteiger partial charge in [0.25, 0.3) is 0 Å². The van der Waals surface area contributed by atoms with Crippen molar-refractivity contribution in [2.24, 2.45) is 0 Å². The Morgan fingerprint density at radius 3 is 2.19 bits per heavy atom. The zero-order valence-electron chi connectivity index (χ0n) is 12.3. The van der Waals surface area contributed by atoms with Crippen LogP contribution in [-0.4, -0.2) is 10.9 Å². The number of nitrogens with zero attached hydrogens (tertiary/aromatic N) is 1. The van der Waals surface area contributed by atoms with E-state index in [0.717, 1.165) is 17.8 Å². The normalized spacial score (nSPS) is 11.3. The molecule has 0 spiro atoms. The maximum atomic E-state index is 6.28. The number of hydrogen-bond donors (Lipinski definition) is 1. The highest BCUT2D eigenvalue weighted by Crippen LogP contribution is 2.27. The Kier molecular flexibility index (Phi) is 5.51. The van der Waals surface area contributed by atoms with Crippen molar-refractivity contribution >= 4 is 28.9 Å². The molecule has 0 aliphatic heterocycles. The predicted octanol–water partition coefficient (Wildman–Crippen LogP) is 4.99. The largest absolute Gasteiger partial charge is 0.399 e. The van der Waals surface area contributed by atoms with Gasteiger partial charge in [0.1, 0.15) is 0 Å². The molecule has 2 N–H and O–H groups in total. The second kappa shape index (κ2) is 7.17. The first kappa shape index (κ1) is 16.2. The number of benzene rings is 2. The van der Waals surface area contributed by atoms with Crippen LogP contribution in [-0.2, 0) is 13.1 Å². The fourth-order valence-corrected chi connectivity index (χ4v) is 2.75. The molecule has 0 saturated heterocycles. The van der Waals surface area contributed by atoms with Crippen LogP contribution in [0.3, 0.4) is 0 Å². The molecule has 4 heteroatoms. The smallest absolute Gasteiger partial charge is 0.0465 e. The van der Waals surface area contributed by atoms with Crippen LogP contribution in [0.1, 0.15) is 25.0 Å². The van der Waals surface area contributed by atoms with Gasteiger partial charge in [0, 0.05) is 40.4 Å². The van der Waals surface area contributed by atoms with Crippen LogP contribution < -0.4 is 5.73 Å². The maximum absolute atomic E-state index is 6.28. The Labute approximate surface area is 136 Å². The van der Waals surface area contributed by atoms with Crippen molar-refractivity contribution in [2.75, 3.05) is 5.73 Å². The van der Waals surface area contributed by atoms with Gasteiger partial charge in [0.05, 0.1) is 0 Å². The minimum absolute atomic E-state index is 0.374. The van der Waals surface area contributed by atoms with Gasteiger partial charge in [-0.25, -0.2) is 0 Å². The van der Waals surface area contributed by atoms with Crippen molar-refractivity contribution in [3.63, 3.8) is 0 Å². The minimum atomic E-state index is 0.374. The van der Waals surface area contributed by atoms with E-state index in [1.165, 1.54) is 5.56 Å². The second-order valence-electron chi connectivity index (χ2n) is 5.44. The fraction of sp³-hybridized carbons (Fsp3) is 0.294. The summed E-state index contributed by atoms with van der Waals surface area (Å²) in [5, 5.41) is 1.42. The van der Waals surface area contributed by atoms with E-state index in [0.29, 0.717) is 22.6 Å². The third kappa shape index (κ3) is 4.37. The van der Waals surface area contributed by atoms with Crippen molar-refractivity contribution in [2.45, 2.75) is 33.0 Å². The first-order valence-electron chi connectivity index (χ1n) is 6.98. The average Bonchev–Trinajstić information content (AvgIpc) is 2.41. The number of anilines is 1. The van der Waals surface area contributed by atoms with Gasteiger partial charge < -0.3 is 5.73 Å². The molecule has 2 rings (SSSR count). The van der Waals surface area contributed by atoms with Gasteiger partial charge in [0.2, 0.25) is 0 Å². The Morgan fingerprint density at radius 1 is 1.00 bits per heavy atom. The van der Waals surface area contributed by atoms with Crippen LogP contribution >= 0.6 is 23.2 Å². The zero-order valence-corrected chi connectivity index (χ0v) is 13.8. The van der Waals surface area contributed by atoms with Crippen LogP contribution in [0.4, 0.5) is 5.69 Å². The maximum Gasteiger partial charge on any atom is 0.0465 e. The number of halogens is 2. The fourth-order valence-electron chi connectivity index (χ4n) is 2.23. The molecule has 0 bridgehead atoms. The number of rotatable bonds is 5. The summed E-state index contributed by atoms with van der Waals surface area (Å²) in [7, 11) is 0. The Balaban J connectivity index is 2.20. The van der Waals surface area contributed by atoms with E-state index in [-0.39, 0.29) is 0 Å². The predicted molar refractivity (Wildman–Crippen MR) is 91.7 cm³/mol. The Hall–Kier alpha value is -1.22. The molecular weight excluding hydrogens is 303 g/mol. The summed E-state index contributed by atoms with van der Waals surface area (Å²) in [5.41, 5.74) is 8.79. The molecule has 2 aromatic rings. The molecule has 2 nitrogen and oxygen atoms in total.